The molecule has 0 bridgehead atoms. The van der Waals surface area contributed by atoms with E-state index in [-0.39, 0.29) is 11.5 Å². The Balaban J connectivity index is 2.31. The van der Waals surface area contributed by atoms with Gasteiger partial charge in [-0.2, -0.15) is 0 Å². The van der Waals surface area contributed by atoms with Crippen molar-refractivity contribution < 1.29 is 9.53 Å². The zero-order valence-electron chi connectivity index (χ0n) is 9.96. The minimum atomic E-state index is -0.197. The first-order chi connectivity index (χ1) is 8.65. The first-order valence-electron chi connectivity index (χ1n) is 5.38. The first kappa shape index (κ1) is 14.9. The molecule has 0 radical (unpaired) electrons. The van der Waals surface area contributed by atoms with E-state index in [1.165, 1.54) is 6.33 Å². The van der Waals surface area contributed by atoms with E-state index in [2.05, 4.69) is 20.6 Å². The number of methoxy groups -OCH3 is 1. The lowest BCUT2D eigenvalue weighted by atomic mass is 10.4. The Labute approximate surface area is 118 Å². The lowest BCUT2D eigenvalue weighted by Crippen LogP contribution is -2.28. The largest absolute Gasteiger partial charge is 0.383 e. The maximum Gasteiger partial charge on any atom is 0.266 e. The molecular formula is C10H15IN4O3. The van der Waals surface area contributed by atoms with E-state index in [4.69, 9.17) is 4.74 Å². The van der Waals surface area contributed by atoms with Crippen molar-refractivity contribution in [2.75, 3.05) is 32.1 Å². The zero-order chi connectivity index (χ0) is 13.4. The molecule has 1 aromatic heterocycles. The Morgan fingerprint density at radius 1 is 1.56 bits per heavy atom. The molecule has 0 fully saturated rings. The predicted molar refractivity (Wildman–Crippen MR) is 75.6 cm³/mol. The van der Waals surface area contributed by atoms with Crippen molar-refractivity contribution in [3.05, 3.63) is 20.3 Å². The summed E-state index contributed by atoms with van der Waals surface area (Å²) >= 11 is 1.90. The van der Waals surface area contributed by atoms with E-state index < -0.39 is 0 Å². The van der Waals surface area contributed by atoms with E-state index in [0.717, 1.165) is 0 Å². The lowest BCUT2D eigenvalue weighted by molar-refractivity contribution is -0.121. The highest BCUT2D eigenvalue weighted by molar-refractivity contribution is 14.1. The zero-order valence-corrected chi connectivity index (χ0v) is 12.1. The number of carbonyl (C=O) groups is 1. The Hall–Kier alpha value is -1.16. The molecule has 0 aliphatic rings. The van der Waals surface area contributed by atoms with Gasteiger partial charge in [-0.25, -0.2) is 4.98 Å². The molecule has 0 saturated heterocycles. The number of nitrogens with zero attached hydrogens (tertiary/aromatic N) is 1. The number of hydrogen-bond donors (Lipinski definition) is 3. The Morgan fingerprint density at radius 3 is 3.06 bits per heavy atom. The first-order valence-corrected chi connectivity index (χ1v) is 6.45. The fourth-order valence-electron chi connectivity index (χ4n) is 1.18. The van der Waals surface area contributed by atoms with Crippen molar-refractivity contribution in [2.45, 2.75) is 6.42 Å². The Kier molecular flexibility index (Phi) is 6.65. The van der Waals surface area contributed by atoms with Crippen LogP contribution in [0.15, 0.2) is 11.1 Å². The minimum absolute atomic E-state index is 0.0700. The van der Waals surface area contributed by atoms with Gasteiger partial charge >= 0.3 is 0 Å². The number of aromatic amines is 1. The highest BCUT2D eigenvalue weighted by Gasteiger charge is 2.05. The van der Waals surface area contributed by atoms with Crippen LogP contribution in [0.4, 0.5) is 5.82 Å². The molecule has 100 valence electrons. The summed E-state index contributed by atoms with van der Waals surface area (Å²) in [6.07, 6.45) is 1.64. The third-order valence-corrected chi connectivity index (χ3v) is 3.07. The van der Waals surface area contributed by atoms with Gasteiger partial charge in [0.15, 0.2) is 0 Å². The van der Waals surface area contributed by atoms with Gasteiger partial charge in [0.1, 0.15) is 9.39 Å². The molecule has 1 amide bonds. The van der Waals surface area contributed by atoms with Crippen LogP contribution in [0.25, 0.3) is 0 Å². The van der Waals surface area contributed by atoms with Crippen LogP contribution in [0.3, 0.4) is 0 Å². The molecule has 0 saturated carbocycles. The summed E-state index contributed by atoms with van der Waals surface area (Å²) < 4.78 is 5.30. The number of ether oxygens (including phenoxy) is 1. The van der Waals surface area contributed by atoms with Crippen LogP contribution in [0.1, 0.15) is 6.42 Å². The molecule has 0 aliphatic heterocycles. The van der Waals surface area contributed by atoms with Gasteiger partial charge in [-0.1, -0.05) is 0 Å². The molecule has 1 aromatic rings. The van der Waals surface area contributed by atoms with E-state index in [1.54, 1.807) is 7.11 Å². The van der Waals surface area contributed by atoms with E-state index in [0.29, 0.717) is 35.5 Å². The topological polar surface area (TPSA) is 96.1 Å². The normalized spacial score (nSPS) is 10.1. The van der Waals surface area contributed by atoms with E-state index >= 15 is 0 Å². The minimum Gasteiger partial charge on any atom is -0.383 e. The molecule has 8 heteroatoms. The molecule has 7 nitrogen and oxygen atoms in total. The summed E-state index contributed by atoms with van der Waals surface area (Å²) in [5, 5.41) is 5.65. The number of H-pyrrole nitrogens is 1. The van der Waals surface area contributed by atoms with Crippen LogP contribution >= 0.6 is 22.6 Å². The average molecular weight is 366 g/mol. The van der Waals surface area contributed by atoms with Crippen LogP contribution in [0.2, 0.25) is 0 Å². The van der Waals surface area contributed by atoms with Gasteiger partial charge in [0, 0.05) is 26.6 Å². The fraction of sp³-hybridized carbons (Fsp3) is 0.500. The molecule has 0 spiro atoms. The summed E-state index contributed by atoms with van der Waals surface area (Å²) in [7, 11) is 1.58. The average Bonchev–Trinajstić information content (AvgIpc) is 2.35. The summed E-state index contributed by atoms with van der Waals surface area (Å²) in [6.45, 7) is 1.41. The second-order valence-corrected chi connectivity index (χ2v) is 4.49. The number of carbonyl (C=O) groups excluding carboxylic acids is 1. The van der Waals surface area contributed by atoms with Crippen molar-refractivity contribution in [2.24, 2.45) is 0 Å². The SMILES string of the molecule is COCCNC(=O)CCNc1nc[nH]c(=O)c1I. The quantitative estimate of drug-likeness (QED) is 0.464. The highest BCUT2D eigenvalue weighted by atomic mass is 127. The maximum absolute atomic E-state index is 11.4. The van der Waals surface area contributed by atoms with Crippen LogP contribution in [0, 0.1) is 3.57 Å². The van der Waals surface area contributed by atoms with E-state index in [9.17, 15) is 9.59 Å². The van der Waals surface area contributed by atoms with Gasteiger partial charge in [-0.15, -0.1) is 0 Å². The summed E-state index contributed by atoms with van der Waals surface area (Å²) in [4.78, 5) is 29.1. The number of hydrogen-bond acceptors (Lipinski definition) is 5. The molecule has 0 aliphatic carbocycles. The van der Waals surface area contributed by atoms with Gasteiger partial charge in [0.25, 0.3) is 5.56 Å². The maximum atomic E-state index is 11.4. The van der Waals surface area contributed by atoms with Gasteiger partial charge in [-0.3, -0.25) is 9.59 Å². The summed E-state index contributed by atoms with van der Waals surface area (Å²) in [5.74, 6) is 0.420. The number of amides is 1. The number of anilines is 1. The van der Waals surface area contributed by atoms with Gasteiger partial charge < -0.3 is 20.4 Å². The smallest absolute Gasteiger partial charge is 0.266 e. The number of halogens is 1. The summed E-state index contributed by atoms with van der Waals surface area (Å²) in [5.41, 5.74) is -0.197. The molecular weight excluding hydrogens is 351 g/mol. The van der Waals surface area contributed by atoms with Gasteiger partial charge in [-0.05, 0) is 22.6 Å². The Morgan fingerprint density at radius 2 is 2.33 bits per heavy atom. The van der Waals surface area contributed by atoms with Crippen LogP contribution in [0.5, 0.6) is 0 Å². The molecule has 1 heterocycles. The van der Waals surface area contributed by atoms with Crippen molar-refractivity contribution >= 4 is 34.3 Å². The second kappa shape index (κ2) is 8.03. The van der Waals surface area contributed by atoms with Gasteiger partial charge in [0.2, 0.25) is 5.91 Å². The molecule has 1 rings (SSSR count). The van der Waals surface area contributed by atoms with Crippen LogP contribution in [-0.4, -0.2) is 42.7 Å². The third-order valence-electron chi connectivity index (χ3n) is 2.07. The highest BCUT2D eigenvalue weighted by Crippen LogP contribution is 2.08. The summed E-state index contributed by atoms with van der Waals surface area (Å²) in [6, 6.07) is 0. The standard InChI is InChI=1S/C10H15IN4O3/c1-18-5-4-12-7(16)2-3-13-9-8(11)10(17)15-6-14-9/h6H,2-5H2,1H3,(H,12,16)(H2,13,14,15,17). The van der Waals surface area contributed by atoms with Crippen molar-refractivity contribution in [3.8, 4) is 0 Å². The van der Waals surface area contributed by atoms with E-state index in [1.807, 2.05) is 22.6 Å². The molecule has 18 heavy (non-hydrogen) atoms. The third kappa shape index (κ3) is 5.00. The molecule has 0 aromatic carbocycles. The number of nitrogens with one attached hydrogen (secondary N) is 3. The van der Waals surface area contributed by atoms with Crippen molar-refractivity contribution in [1.29, 1.82) is 0 Å². The number of rotatable bonds is 7. The number of aromatic nitrogens is 2. The Bertz CT molecular complexity index is 449. The second-order valence-electron chi connectivity index (χ2n) is 3.41. The van der Waals surface area contributed by atoms with Gasteiger partial charge in [0.05, 0.1) is 12.9 Å². The van der Waals surface area contributed by atoms with Crippen LogP contribution in [-0.2, 0) is 9.53 Å². The lowest BCUT2D eigenvalue weighted by Gasteiger charge is -2.07. The monoisotopic (exact) mass is 366 g/mol. The fourth-order valence-corrected chi connectivity index (χ4v) is 1.67. The molecule has 3 N–H and O–H groups in total. The molecule has 0 unspecified atom stereocenters. The van der Waals surface area contributed by atoms with Crippen LogP contribution < -0.4 is 16.2 Å². The van der Waals surface area contributed by atoms with Crippen molar-refractivity contribution in [3.63, 3.8) is 0 Å². The van der Waals surface area contributed by atoms with Crippen molar-refractivity contribution in [1.82, 2.24) is 15.3 Å². The molecule has 0 atom stereocenters. The predicted octanol–water partition coefficient (Wildman–Crippen LogP) is -0.0609.